The zero-order valence-corrected chi connectivity index (χ0v) is 11.6. The molecule has 3 heteroatoms. The van der Waals surface area contributed by atoms with Crippen LogP contribution < -0.4 is 5.48 Å². The summed E-state index contributed by atoms with van der Waals surface area (Å²) in [6.45, 7) is 2.19. The van der Waals surface area contributed by atoms with Gasteiger partial charge in [0.05, 0.1) is 0 Å². The molecule has 1 aliphatic heterocycles. The topological polar surface area (TPSA) is 41.5 Å². The summed E-state index contributed by atoms with van der Waals surface area (Å²) in [5.74, 6) is 0. The number of hydrogen-bond acceptors (Lipinski definition) is 3. The number of benzene rings is 1. The summed E-state index contributed by atoms with van der Waals surface area (Å²) in [4.78, 5) is 5.67. The predicted molar refractivity (Wildman–Crippen MR) is 74.2 cm³/mol. The Morgan fingerprint density at radius 2 is 1.84 bits per heavy atom. The van der Waals surface area contributed by atoms with E-state index in [2.05, 4.69) is 24.5 Å². The third kappa shape index (κ3) is 2.31. The van der Waals surface area contributed by atoms with Crippen molar-refractivity contribution in [1.29, 1.82) is 0 Å². The minimum atomic E-state index is -0.895. The Kier molecular flexibility index (Phi) is 3.37. The van der Waals surface area contributed by atoms with Crippen molar-refractivity contribution in [3.05, 3.63) is 35.9 Å². The largest absolute Gasteiger partial charge is 0.373 e. The van der Waals surface area contributed by atoms with Crippen LogP contribution >= 0.6 is 0 Å². The summed E-state index contributed by atoms with van der Waals surface area (Å²) in [6, 6.07) is 10.1. The van der Waals surface area contributed by atoms with Crippen LogP contribution in [-0.2, 0) is 4.84 Å². The highest BCUT2D eigenvalue weighted by Crippen LogP contribution is 2.49. The SMILES string of the molecule is CC1([C@]2(O)C[C@@H](c3ccccc3)ON2)CCCCC1. The molecule has 0 bridgehead atoms. The fourth-order valence-electron chi connectivity index (χ4n) is 3.49. The molecule has 2 fully saturated rings. The molecule has 1 saturated carbocycles. The van der Waals surface area contributed by atoms with Crippen LogP contribution in [0.3, 0.4) is 0 Å². The van der Waals surface area contributed by atoms with Gasteiger partial charge in [-0.25, -0.2) is 0 Å². The Bertz CT molecular complexity index is 428. The van der Waals surface area contributed by atoms with Gasteiger partial charge >= 0.3 is 0 Å². The molecule has 1 aliphatic carbocycles. The zero-order valence-electron chi connectivity index (χ0n) is 11.6. The van der Waals surface area contributed by atoms with Crippen LogP contribution in [0.1, 0.15) is 57.1 Å². The van der Waals surface area contributed by atoms with Crippen LogP contribution in [-0.4, -0.2) is 10.8 Å². The van der Waals surface area contributed by atoms with E-state index in [-0.39, 0.29) is 11.5 Å². The van der Waals surface area contributed by atoms with E-state index in [1.165, 1.54) is 19.3 Å². The molecule has 0 aromatic heterocycles. The van der Waals surface area contributed by atoms with E-state index >= 15 is 0 Å². The first kappa shape index (κ1) is 13.1. The monoisotopic (exact) mass is 261 g/mol. The van der Waals surface area contributed by atoms with Crippen molar-refractivity contribution in [2.24, 2.45) is 5.41 Å². The maximum absolute atomic E-state index is 11.0. The molecular weight excluding hydrogens is 238 g/mol. The van der Waals surface area contributed by atoms with Crippen LogP contribution in [0, 0.1) is 5.41 Å². The Morgan fingerprint density at radius 3 is 2.53 bits per heavy atom. The molecule has 1 saturated heterocycles. The highest BCUT2D eigenvalue weighted by Gasteiger charge is 2.52. The molecule has 19 heavy (non-hydrogen) atoms. The van der Waals surface area contributed by atoms with Gasteiger partial charge in [-0.15, -0.1) is 0 Å². The van der Waals surface area contributed by atoms with Gasteiger partial charge in [0.15, 0.2) is 0 Å². The van der Waals surface area contributed by atoms with Gasteiger partial charge < -0.3 is 5.11 Å². The van der Waals surface area contributed by atoms with Gasteiger partial charge in [0.1, 0.15) is 11.8 Å². The molecule has 0 amide bonds. The average Bonchev–Trinajstić information content (AvgIpc) is 2.85. The molecule has 0 radical (unpaired) electrons. The lowest BCUT2D eigenvalue weighted by Gasteiger charge is -2.44. The third-order valence-electron chi connectivity index (χ3n) is 4.98. The molecule has 0 spiro atoms. The molecule has 2 N–H and O–H groups in total. The Morgan fingerprint density at radius 1 is 1.16 bits per heavy atom. The summed E-state index contributed by atoms with van der Waals surface area (Å²) in [7, 11) is 0. The van der Waals surface area contributed by atoms with Crippen molar-refractivity contribution in [3.8, 4) is 0 Å². The highest BCUT2D eigenvalue weighted by atomic mass is 16.7. The highest BCUT2D eigenvalue weighted by molar-refractivity contribution is 5.19. The fraction of sp³-hybridized carbons (Fsp3) is 0.625. The van der Waals surface area contributed by atoms with Crippen molar-refractivity contribution in [1.82, 2.24) is 5.48 Å². The second-order valence-corrected chi connectivity index (χ2v) is 6.30. The lowest BCUT2D eigenvalue weighted by Crippen LogP contribution is -2.54. The minimum absolute atomic E-state index is 0.0510. The van der Waals surface area contributed by atoms with Gasteiger partial charge in [-0.05, 0) is 18.4 Å². The maximum Gasteiger partial charge on any atom is 0.146 e. The normalized spacial score (nSPS) is 34.3. The lowest BCUT2D eigenvalue weighted by atomic mass is 9.67. The maximum atomic E-state index is 11.0. The van der Waals surface area contributed by atoms with Crippen molar-refractivity contribution in [3.63, 3.8) is 0 Å². The van der Waals surface area contributed by atoms with Crippen LogP contribution in [0.4, 0.5) is 0 Å². The number of hydroxylamine groups is 1. The quantitative estimate of drug-likeness (QED) is 0.858. The zero-order chi connectivity index (χ0) is 13.3. The Labute approximate surface area is 114 Å². The minimum Gasteiger partial charge on any atom is -0.373 e. The third-order valence-corrected chi connectivity index (χ3v) is 4.98. The smallest absolute Gasteiger partial charge is 0.146 e. The number of rotatable bonds is 2. The molecule has 3 nitrogen and oxygen atoms in total. The molecule has 3 rings (SSSR count). The van der Waals surface area contributed by atoms with Gasteiger partial charge in [-0.3, -0.25) is 4.84 Å². The molecule has 1 aromatic rings. The summed E-state index contributed by atoms with van der Waals surface area (Å²) in [6.07, 6.45) is 6.42. The first-order valence-corrected chi connectivity index (χ1v) is 7.33. The van der Waals surface area contributed by atoms with Gasteiger partial charge in [0.25, 0.3) is 0 Å². The molecule has 2 aliphatic rings. The van der Waals surface area contributed by atoms with E-state index in [4.69, 9.17) is 4.84 Å². The van der Waals surface area contributed by atoms with E-state index in [1.54, 1.807) is 0 Å². The average molecular weight is 261 g/mol. The standard InChI is InChI=1S/C16H23NO2/c1-15(10-6-3-7-11-15)16(18)12-14(19-17-16)13-8-4-2-5-9-13/h2,4-5,8-9,14,17-18H,3,6-7,10-12H2,1H3/t14-,16+/m0/s1. The Hall–Kier alpha value is -0.900. The molecule has 2 atom stereocenters. The van der Waals surface area contributed by atoms with Crippen LogP contribution in [0.15, 0.2) is 30.3 Å². The van der Waals surface area contributed by atoms with Gasteiger partial charge in [-0.1, -0.05) is 56.5 Å². The van der Waals surface area contributed by atoms with E-state index in [0.717, 1.165) is 18.4 Å². The molecule has 1 aromatic carbocycles. The molecule has 104 valence electrons. The van der Waals surface area contributed by atoms with E-state index in [1.807, 2.05) is 18.2 Å². The van der Waals surface area contributed by atoms with Crippen LogP contribution in [0.5, 0.6) is 0 Å². The number of aliphatic hydroxyl groups is 1. The number of hydrogen-bond donors (Lipinski definition) is 2. The summed E-state index contributed by atoms with van der Waals surface area (Å²) < 4.78 is 0. The van der Waals surface area contributed by atoms with Gasteiger partial charge in [0.2, 0.25) is 0 Å². The van der Waals surface area contributed by atoms with Crippen LogP contribution in [0.2, 0.25) is 0 Å². The molecular formula is C16H23NO2. The fourth-order valence-corrected chi connectivity index (χ4v) is 3.49. The summed E-state index contributed by atoms with van der Waals surface area (Å²) >= 11 is 0. The first-order chi connectivity index (χ1) is 9.13. The van der Waals surface area contributed by atoms with Gasteiger partial charge in [-0.2, -0.15) is 5.48 Å². The van der Waals surface area contributed by atoms with E-state index in [9.17, 15) is 5.11 Å². The summed E-state index contributed by atoms with van der Waals surface area (Å²) in [5.41, 5.74) is 3.11. The van der Waals surface area contributed by atoms with Gasteiger partial charge in [0, 0.05) is 11.8 Å². The second kappa shape index (κ2) is 4.89. The van der Waals surface area contributed by atoms with Crippen molar-refractivity contribution in [2.45, 2.75) is 57.3 Å². The van der Waals surface area contributed by atoms with E-state index < -0.39 is 5.72 Å². The summed E-state index contributed by atoms with van der Waals surface area (Å²) in [5, 5.41) is 11.0. The first-order valence-electron chi connectivity index (χ1n) is 7.33. The van der Waals surface area contributed by atoms with Crippen molar-refractivity contribution >= 4 is 0 Å². The lowest BCUT2D eigenvalue weighted by molar-refractivity contribution is -0.150. The van der Waals surface area contributed by atoms with Crippen molar-refractivity contribution in [2.75, 3.05) is 0 Å². The van der Waals surface area contributed by atoms with E-state index in [0.29, 0.717) is 6.42 Å². The second-order valence-electron chi connectivity index (χ2n) is 6.30. The van der Waals surface area contributed by atoms with Crippen LogP contribution in [0.25, 0.3) is 0 Å². The number of nitrogens with one attached hydrogen (secondary N) is 1. The molecule has 0 unspecified atom stereocenters. The Balaban J connectivity index is 1.77. The van der Waals surface area contributed by atoms with Crippen molar-refractivity contribution < 1.29 is 9.94 Å². The predicted octanol–water partition coefficient (Wildman–Crippen LogP) is 3.31. The molecule has 1 heterocycles.